The number of aromatic nitrogens is 1. The van der Waals surface area contributed by atoms with Crippen molar-refractivity contribution < 1.29 is 9.15 Å². The van der Waals surface area contributed by atoms with Crippen molar-refractivity contribution in [2.45, 2.75) is 13.0 Å². The lowest BCUT2D eigenvalue weighted by Gasteiger charge is -2.34. The summed E-state index contributed by atoms with van der Waals surface area (Å²) in [5.41, 5.74) is 2.30. The average molecular weight is 395 g/mol. The zero-order valence-electron chi connectivity index (χ0n) is 15.7. The van der Waals surface area contributed by atoms with Gasteiger partial charge in [-0.3, -0.25) is 4.90 Å². The Morgan fingerprint density at radius 1 is 1.25 bits per heavy atom. The molecule has 1 N–H and O–H groups in total. The van der Waals surface area contributed by atoms with Crippen LogP contribution in [0.1, 0.15) is 22.2 Å². The van der Waals surface area contributed by atoms with E-state index in [1.165, 1.54) is 10.4 Å². The Morgan fingerprint density at radius 2 is 2.04 bits per heavy atom. The number of hydrogen-bond acceptors (Lipinski definition) is 7. The average Bonchev–Trinajstić information content (AvgIpc) is 3.40. The number of morpholine rings is 1. The zero-order chi connectivity index (χ0) is 19.3. The van der Waals surface area contributed by atoms with Crippen molar-refractivity contribution in [1.29, 1.82) is 5.26 Å². The number of benzene rings is 1. The molecular formula is C21H22N4O2S. The van der Waals surface area contributed by atoms with Crippen LogP contribution < -0.4 is 5.32 Å². The van der Waals surface area contributed by atoms with E-state index in [1.54, 1.807) is 11.3 Å². The van der Waals surface area contributed by atoms with Crippen LogP contribution in [0, 0.1) is 18.3 Å². The number of anilines is 1. The molecule has 28 heavy (non-hydrogen) atoms. The van der Waals surface area contributed by atoms with Gasteiger partial charge in [-0.1, -0.05) is 23.8 Å². The second-order valence-corrected chi connectivity index (χ2v) is 7.71. The van der Waals surface area contributed by atoms with E-state index in [-0.39, 0.29) is 11.7 Å². The van der Waals surface area contributed by atoms with E-state index < -0.39 is 0 Å². The molecule has 3 heterocycles. The normalized spacial score (nSPS) is 15.9. The van der Waals surface area contributed by atoms with Crippen LogP contribution in [0.25, 0.3) is 11.5 Å². The third kappa shape index (κ3) is 4.09. The highest BCUT2D eigenvalue weighted by atomic mass is 32.1. The molecule has 1 saturated heterocycles. The van der Waals surface area contributed by atoms with Crippen molar-refractivity contribution in [3.8, 4) is 17.5 Å². The topological polar surface area (TPSA) is 74.3 Å². The van der Waals surface area contributed by atoms with Crippen molar-refractivity contribution in [3.05, 3.63) is 57.9 Å². The van der Waals surface area contributed by atoms with Gasteiger partial charge in [-0.15, -0.1) is 11.3 Å². The van der Waals surface area contributed by atoms with Gasteiger partial charge in [0.15, 0.2) is 0 Å². The molecule has 2 aromatic heterocycles. The molecule has 3 aromatic rings. The molecule has 0 amide bonds. The van der Waals surface area contributed by atoms with Gasteiger partial charge < -0.3 is 14.5 Å². The molecule has 1 aliphatic rings. The quantitative estimate of drug-likeness (QED) is 0.679. The SMILES string of the molecule is Cc1ccc(-c2nc(C#N)c(NC[C@@H](c3cccs3)N3CCOCC3)o2)cc1. The van der Waals surface area contributed by atoms with Crippen LogP contribution in [0.3, 0.4) is 0 Å². The highest BCUT2D eigenvalue weighted by molar-refractivity contribution is 7.10. The Morgan fingerprint density at radius 3 is 2.71 bits per heavy atom. The molecule has 0 bridgehead atoms. The Labute approximate surface area is 168 Å². The number of rotatable bonds is 6. The van der Waals surface area contributed by atoms with Crippen LogP contribution in [0.5, 0.6) is 0 Å². The monoisotopic (exact) mass is 394 g/mol. The minimum Gasteiger partial charge on any atom is -0.419 e. The summed E-state index contributed by atoms with van der Waals surface area (Å²) in [5.74, 6) is 0.881. The maximum absolute atomic E-state index is 9.48. The van der Waals surface area contributed by atoms with Gasteiger partial charge in [0.25, 0.3) is 0 Å². The first-order valence-electron chi connectivity index (χ1n) is 9.31. The van der Waals surface area contributed by atoms with Gasteiger partial charge in [0.2, 0.25) is 17.5 Å². The fourth-order valence-corrected chi connectivity index (χ4v) is 4.17. The number of ether oxygens (including phenoxy) is 1. The molecule has 1 atom stereocenters. The molecule has 7 heteroatoms. The molecule has 0 aliphatic carbocycles. The lowest BCUT2D eigenvalue weighted by molar-refractivity contribution is 0.0193. The first-order chi connectivity index (χ1) is 13.7. The van der Waals surface area contributed by atoms with E-state index in [9.17, 15) is 5.26 Å². The summed E-state index contributed by atoms with van der Waals surface area (Å²) in [4.78, 5) is 8.05. The van der Waals surface area contributed by atoms with Crippen LogP contribution in [0.4, 0.5) is 5.88 Å². The van der Waals surface area contributed by atoms with Gasteiger partial charge in [0.1, 0.15) is 6.07 Å². The van der Waals surface area contributed by atoms with Gasteiger partial charge in [-0.2, -0.15) is 10.2 Å². The molecule has 0 unspecified atom stereocenters. The molecule has 144 valence electrons. The summed E-state index contributed by atoms with van der Waals surface area (Å²) in [6.07, 6.45) is 0. The van der Waals surface area contributed by atoms with Crippen molar-refractivity contribution in [2.75, 3.05) is 38.2 Å². The predicted octanol–water partition coefficient (Wildman–Crippen LogP) is 4.07. The summed E-state index contributed by atoms with van der Waals surface area (Å²) in [7, 11) is 0. The Hall–Kier alpha value is -2.66. The summed E-state index contributed by atoms with van der Waals surface area (Å²) in [5, 5.41) is 14.9. The Bertz CT molecular complexity index is 938. The lowest BCUT2D eigenvalue weighted by atomic mass is 10.1. The van der Waals surface area contributed by atoms with E-state index in [0.29, 0.717) is 18.3 Å². The smallest absolute Gasteiger partial charge is 0.232 e. The number of nitrogens with one attached hydrogen (secondary N) is 1. The first kappa shape index (κ1) is 18.7. The van der Waals surface area contributed by atoms with E-state index in [0.717, 1.165) is 31.9 Å². The second-order valence-electron chi connectivity index (χ2n) is 6.74. The number of nitrogens with zero attached hydrogens (tertiary/aromatic N) is 3. The van der Waals surface area contributed by atoms with Gasteiger partial charge >= 0.3 is 0 Å². The van der Waals surface area contributed by atoms with Crippen LogP contribution >= 0.6 is 11.3 Å². The summed E-state index contributed by atoms with van der Waals surface area (Å²) in [6, 6.07) is 14.5. The van der Waals surface area contributed by atoms with Crippen molar-refractivity contribution in [2.24, 2.45) is 0 Å². The third-order valence-electron chi connectivity index (χ3n) is 4.85. The highest BCUT2D eigenvalue weighted by Crippen LogP contribution is 2.29. The van der Waals surface area contributed by atoms with Crippen LogP contribution in [-0.2, 0) is 4.74 Å². The largest absolute Gasteiger partial charge is 0.419 e. The highest BCUT2D eigenvalue weighted by Gasteiger charge is 2.24. The minimum atomic E-state index is 0.198. The van der Waals surface area contributed by atoms with Crippen molar-refractivity contribution >= 4 is 17.2 Å². The fraction of sp³-hybridized carbons (Fsp3) is 0.333. The Kier molecular flexibility index (Phi) is 5.72. The third-order valence-corrected chi connectivity index (χ3v) is 5.82. The number of aryl methyl sites for hydroxylation is 1. The van der Waals surface area contributed by atoms with Crippen LogP contribution in [0.15, 0.2) is 46.2 Å². The summed E-state index contributed by atoms with van der Waals surface area (Å²) < 4.78 is 11.4. The van der Waals surface area contributed by atoms with Gasteiger partial charge in [-0.25, -0.2) is 0 Å². The van der Waals surface area contributed by atoms with E-state index in [4.69, 9.17) is 9.15 Å². The molecule has 1 aromatic carbocycles. The second kappa shape index (κ2) is 8.57. The minimum absolute atomic E-state index is 0.198. The van der Waals surface area contributed by atoms with Crippen molar-refractivity contribution in [3.63, 3.8) is 0 Å². The molecule has 4 rings (SSSR count). The first-order valence-corrected chi connectivity index (χ1v) is 10.2. The molecule has 6 nitrogen and oxygen atoms in total. The maximum Gasteiger partial charge on any atom is 0.232 e. The van der Waals surface area contributed by atoms with Crippen LogP contribution in [0.2, 0.25) is 0 Å². The molecule has 0 radical (unpaired) electrons. The maximum atomic E-state index is 9.48. The van der Waals surface area contributed by atoms with E-state index >= 15 is 0 Å². The number of thiophene rings is 1. The number of hydrogen-bond donors (Lipinski definition) is 1. The number of nitriles is 1. The van der Waals surface area contributed by atoms with Gasteiger partial charge in [0, 0.05) is 30.1 Å². The fourth-order valence-electron chi connectivity index (χ4n) is 3.30. The van der Waals surface area contributed by atoms with Gasteiger partial charge in [0.05, 0.1) is 19.3 Å². The molecule has 0 saturated carbocycles. The zero-order valence-corrected chi connectivity index (χ0v) is 16.5. The van der Waals surface area contributed by atoms with Gasteiger partial charge in [-0.05, 0) is 30.5 Å². The van der Waals surface area contributed by atoms with Crippen molar-refractivity contribution in [1.82, 2.24) is 9.88 Å². The van der Waals surface area contributed by atoms with Crippen LogP contribution in [-0.4, -0.2) is 42.7 Å². The Balaban J connectivity index is 1.54. The molecule has 1 fully saturated rings. The summed E-state index contributed by atoms with van der Waals surface area (Å²) in [6.45, 7) is 5.93. The molecule has 1 aliphatic heterocycles. The molecular weight excluding hydrogens is 372 g/mol. The summed E-state index contributed by atoms with van der Waals surface area (Å²) >= 11 is 1.74. The molecule has 0 spiro atoms. The number of oxazole rings is 1. The lowest BCUT2D eigenvalue weighted by Crippen LogP contribution is -2.41. The standard InChI is InChI=1S/C21H22N4O2S/c1-15-4-6-16(7-5-15)20-24-17(13-22)21(27-20)23-14-18(19-3-2-12-28-19)25-8-10-26-11-9-25/h2-7,12,18,23H,8-11,14H2,1H3/t18-/m0/s1. The van der Waals surface area contributed by atoms with E-state index in [2.05, 4.69) is 38.8 Å². The van der Waals surface area contributed by atoms with E-state index in [1.807, 2.05) is 31.2 Å². The predicted molar refractivity (Wildman–Crippen MR) is 109 cm³/mol.